The van der Waals surface area contributed by atoms with Crippen molar-refractivity contribution in [2.45, 2.75) is 58.4 Å². The van der Waals surface area contributed by atoms with Crippen LogP contribution in [0.4, 0.5) is 5.69 Å². The van der Waals surface area contributed by atoms with E-state index >= 15 is 0 Å². The molecule has 0 aromatic heterocycles. The van der Waals surface area contributed by atoms with Gasteiger partial charge in [0.2, 0.25) is 0 Å². The Hall–Kier alpha value is -3.88. The zero-order valence-electron chi connectivity index (χ0n) is 23.0. The van der Waals surface area contributed by atoms with Crippen LogP contribution in [0.2, 0.25) is 0 Å². The number of aliphatic hydroxyl groups excluding tert-OH is 2. The van der Waals surface area contributed by atoms with Gasteiger partial charge in [0.25, 0.3) is 23.6 Å². The number of rotatable bonds is 4. The summed E-state index contributed by atoms with van der Waals surface area (Å²) in [4.78, 5) is 56.9. The number of hydrogen-bond donors (Lipinski definition) is 2. The summed E-state index contributed by atoms with van der Waals surface area (Å²) >= 11 is 0. The Bertz CT molecular complexity index is 1520. The van der Waals surface area contributed by atoms with E-state index in [0.717, 1.165) is 16.0 Å². The molecule has 5 rings (SSSR count). The normalized spacial score (nSPS) is 15.7. The molecule has 4 amide bonds. The van der Waals surface area contributed by atoms with Gasteiger partial charge in [-0.1, -0.05) is 53.7 Å². The van der Waals surface area contributed by atoms with E-state index in [2.05, 4.69) is 20.8 Å². The van der Waals surface area contributed by atoms with Gasteiger partial charge >= 0.3 is 0 Å². The van der Waals surface area contributed by atoms with Gasteiger partial charge in [-0.15, -0.1) is 0 Å². The lowest BCUT2D eigenvalue weighted by Crippen LogP contribution is -2.50. The monoisotopic (exact) mass is 528 g/mol. The molecule has 0 atom stereocenters. The Morgan fingerprint density at radius 2 is 1.08 bits per heavy atom. The molecule has 0 bridgehead atoms. The van der Waals surface area contributed by atoms with Crippen LogP contribution in [0.25, 0.3) is 10.8 Å². The second-order valence-corrected chi connectivity index (χ2v) is 12.2. The van der Waals surface area contributed by atoms with Gasteiger partial charge in [0.1, 0.15) is 0 Å². The molecule has 39 heavy (non-hydrogen) atoms. The summed E-state index contributed by atoms with van der Waals surface area (Å²) in [5, 5.41) is 19.8. The molecule has 0 unspecified atom stereocenters. The highest BCUT2D eigenvalue weighted by atomic mass is 16.3. The molecule has 202 valence electrons. The van der Waals surface area contributed by atoms with Crippen LogP contribution in [-0.2, 0) is 10.8 Å². The van der Waals surface area contributed by atoms with Crippen molar-refractivity contribution in [1.29, 1.82) is 0 Å². The first-order valence-electron chi connectivity index (χ1n) is 13.0. The molecule has 0 fully saturated rings. The molecule has 0 radical (unpaired) electrons. The van der Waals surface area contributed by atoms with Gasteiger partial charge < -0.3 is 10.2 Å². The van der Waals surface area contributed by atoms with Crippen LogP contribution in [0, 0.1) is 0 Å². The molecule has 0 aliphatic carbocycles. The third-order valence-corrected chi connectivity index (χ3v) is 7.63. The van der Waals surface area contributed by atoms with Crippen LogP contribution >= 0.6 is 0 Å². The first-order chi connectivity index (χ1) is 18.2. The second-order valence-electron chi connectivity index (χ2n) is 12.2. The smallest absolute Gasteiger partial charge is 0.265 e. The highest BCUT2D eigenvalue weighted by Gasteiger charge is 2.43. The summed E-state index contributed by atoms with van der Waals surface area (Å²) in [6, 6.07) is 10.8. The van der Waals surface area contributed by atoms with Crippen molar-refractivity contribution in [1.82, 2.24) is 4.90 Å². The maximum atomic E-state index is 14.1. The number of carbonyl (C=O) groups is 4. The fourth-order valence-electron chi connectivity index (χ4n) is 5.48. The highest BCUT2D eigenvalue weighted by Crippen LogP contribution is 2.42. The molecule has 3 aromatic rings. The lowest BCUT2D eigenvalue weighted by molar-refractivity contribution is 0.0374. The van der Waals surface area contributed by atoms with E-state index in [1.165, 1.54) is 29.2 Å². The predicted molar refractivity (Wildman–Crippen MR) is 147 cm³/mol. The molecule has 3 aromatic carbocycles. The van der Waals surface area contributed by atoms with E-state index in [1.807, 2.05) is 39.0 Å². The zero-order chi connectivity index (χ0) is 28.6. The Kier molecular flexibility index (Phi) is 6.05. The molecule has 2 heterocycles. The van der Waals surface area contributed by atoms with E-state index in [0.29, 0.717) is 5.69 Å². The zero-order valence-corrected chi connectivity index (χ0v) is 23.0. The number of carbonyl (C=O) groups excluding carboxylic acids is 4. The second kappa shape index (κ2) is 8.83. The summed E-state index contributed by atoms with van der Waals surface area (Å²) in [6.07, 6.45) is 0. The summed E-state index contributed by atoms with van der Waals surface area (Å²) in [5.41, 5.74) is 2.45. The Morgan fingerprint density at radius 3 is 1.46 bits per heavy atom. The van der Waals surface area contributed by atoms with E-state index < -0.39 is 42.9 Å². The van der Waals surface area contributed by atoms with Gasteiger partial charge in [-0.2, -0.15) is 0 Å². The van der Waals surface area contributed by atoms with Crippen molar-refractivity contribution in [3.8, 4) is 0 Å². The first kappa shape index (κ1) is 26.7. The van der Waals surface area contributed by atoms with Gasteiger partial charge in [0, 0.05) is 33.0 Å². The fourth-order valence-corrected chi connectivity index (χ4v) is 5.48. The molecular formula is C31H32N2O6. The average Bonchev–Trinajstić information content (AvgIpc) is 2.87. The minimum atomic E-state index is -1.11. The maximum Gasteiger partial charge on any atom is 0.265 e. The molecule has 0 spiro atoms. The summed E-state index contributed by atoms with van der Waals surface area (Å²) in [7, 11) is 0. The Balaban J connectivity index is 1.74. The van der Waals surface area contributed by atoms with Crippen LogP contribution in [0.3, 0.4) is 0 Å². The van der Waals surface area contributed by atoms with Crippen molar-refractivity contribution in [3.05, 3.63) is 75.8 Å². The van der Waals surface area contributed by atoms with Gasteiger partial charge in [-0.3, -0.25) is 24.1 Å². The van der Waals surface area contributed by atoms with Crippen LogP contribution in [0.15, 0.2) is 42.5 Å². The van der Waals surface area contributed by atoms with E-state index in [1.54, 1.807) is 0 Å². The van der Waals surface area contributed by atoms with Gasteiger partial charge in [0.15, 0.2) is 0 Å². The topological polar surface area (TPSA) is 115 Å². The molecule has 2 aliphatic rings. The van der Waals surface area contributed by atoms with Gasteiger partial charge in [-0.05, 0) is 52.3 Å². The van der Waals surface area contributed by atoms with Crippen molar-refractivity contribution in [2.75, 3.05) is 18.1 Å². The molecule has 8 heteroatoms. The average molecular weight is 529 g/mol. The largest absolute Gasteiger partial charge is 0.394 e. The molecule has 2 N–H and O–H groups in total. The standard InChI is InChI=1S/C31H32N2O6/c1-30(2,3)16-7-12-22(31(4,5)6)23(13-16)33-28(38)20-10-8-18-24-19(9-11-21(25(20)24)29(33)39)27(37)32(26(18)36)17(14-34)15-35/h7-13,17,34-35H,14-15H2,1-6H3. The lowest BCUT2D eigenvalue weighted by atomic mass is 9.80. The number of benzene rings is 3. The van der Waals surface area contributed by atoms with Crippen molar-refractivity contribution in [3.63, 3.8) is 0 Å². The maximum absolute atomic E-state index is 14.1. The predicted octanol–water partition coefficient (Wildman–Crippen LogP) is 4.18. The number of hydrogen-bond acceptors (Lipinski definition) is 6. The van der Waals surface area contributed by atoms with E-state index in [4.69, 9.17) is 0 Å². The van der Waals surface area contributed by atoms with Gasteiger partial charge in [0.05, 0.1) is 24.9 Å². The summed E-state index contributed by atoms with van der Waals surface area (Å²) in [5.74, 6) is -2.45. The summed E-state index contributed by atoms with van der Waals surface area (Å²) < 4.78 is 0. The fraction of sp³-hybridized carbons (Fsp3) is 0.355. The van der Waals surface area contributed by atoms with Crippen molar-refractivity contribution >= 4 is 40.1 Å². The molecular weight excluding hydrogens is 496 g/mol. The Labute approximate surface area is 226 Å². The number of amides is 4. The number of nitrogens with zero attached hydrogens (tertiary/aromatic N) is 2. The van der Waals surface area contributed by atoms with Crippen LogP contribution in [0.5, 0.6) is 0 Å². The molecule has 2 aliphatic heterocycles. The van der Waals surface area contributed by atoms with E-state index in [-0.39, 0.29) is 43.9 Å². The number of imide groups is 2. The Morgan fingerprint density at radius 1 is 0.641 bits per heavy atom. The van der Waals surface area contributed by atoms with Crippen molar-refractivity contribution < 1.29 is 29.4 Å². The first-order valence-corrected chi connectivity index (χ1v) is 13.0. The quantitative estimate of drug-likeness (QED) is 0.491. The minimum absolute atomic E-state index is 0.135. The molecule has 0 saturated heterocycles. The van der Waals surface area contributed by atoms with E-state index in [9.17, 15) is 29.4 Å². The van der Waals surface area contributed by atoms with Gasteiger partial charge in [-0.25, -0.2) is 4.90 Å². The lowest BCUT2D eigenvalue weighted by Gasteiger charge is -2.36. The van der Waals surface area contributed by atoms with Crippen molar-refractivity contribution in [2.24, 2.45) is 0 Å². The highest BCUT2D eigenvalue weighted by molar-refractivity contribution is 6.39. The number of aliphatic hydroxyl groups is 2. The summed E-state index contributed by atoms with van der Waals surface area (Å²) in [6.45, 7) is 11.1. The van der Waals surface area contributed by atoms with Crippen LogP contribution in [0.1, 0.15) is 94.1 Å². The number of anilines is 1. The third kappa shape index (κ3) is 3.89. The van der Waals surface area contributed by atoms with Crippen LogP contribution in [-0.4, -0.2) is 58.0 Å². The minimum Gasteiger partial charge on any atom is -0.394 e. The van der Waals surface area contributed by atoms with Crippen LogP contribution < -0.4 is 4.90 Å². The molecule has 0 saturated carbocycles. The SMILES string of the molecule is CC(C)(C)c1ccc(C(C)(C)C)c(N2C(=O)c3ccc4c5c(ccc(c35)C2=O)C(=O)N(C(CO)CO)C4=O)c1. The molecule has 8 nitrogen and oxygen atoms in total. The third-order valence-electron chi connectivity index (χ3n) is 7.63.